The van der Waals surface area contributed by atoms with E-state index in [1.165, 1.54) is 11.1 Å². The molecule has 0 bridgehead atoms. The van der Waals surface area contributed by atoms with Gasteiger partial charge in [-0.05, 0) is 38.3 Å². The van der Waals surface area contributed by atoms with Crippen molar-refractivity contribution in [1.82, 2.24) is 5.32 Å². The summed E-state index contributed by atoms with van der Waals surface area (Å²) in [5.41, 5.74) is 3.34. The molecule has 1 N–H and O–H groups in total. The van der Waals surface area contributed by atoms with Gasteiger partial charge in [0.1, 0.15) is 0 Å². The van der Waals surface area contributed by atoms with Crippen molar-refractivity contribution in [2.24, 2.45) is 0 Å². The molecule has 112 valence electrons. The van der Waals surface area contributed by atoms with Crippen LogP contribution in [0.4, 0.5) is 0 Å². The number of hydrogen-bond donors (Lipinski definition) is 1. The third-order valence-electron chi connectivity index (χ3n) is 3.50. The maximum atomic E-state index is 5.52. The van der Waals surface area contributed by atoms with Crippen molar-refractivity contribution in [3.8, 4) is 12.3 Å². The molecule has 0 aromatic heterocycles. The summed E-state index contributed by atoms with van der Waals surface area (Å²) < 4.78 is 0. The number of benzene rings is 1. The molecule has 0 spiro atoms. The van der Waals surface area contributed by atoms with Crippen molar-refractivity contribution >= 4 is 0 Å². The Balaban J connectivity index is 3.11. The van der Waals surface area contributed by atoms with E-state index in [4.69, 9.17) is 6.42 Å². The van der Waals surface area contributed by atoms with Crippen LogP contribution in [0.5, 0.6) is 0 Å². The van der Waals surface area contributed by atoms with Crippen LogP contribution < -0.4 is 5.32 Å². The molecule has 0 fully saturated rings. The van der Waals surface area contributed by atoms with Crippen molar-refractivity contribution in [3.05, 3.63) is 59.8 Å². The molecule has 0 aliphatic heterocycles. The van der Waals surface area contributed by atoms with Gasteiger partial charge in [-0.3, -0.25) is 0 Å². The van der Waals surface area contributed by atoms with Crippen LogP contribution in [0.2, 0.25) is 0 Å². The van der Waals surface area contributed by atoms with Crippen LogP contribution in [0.3, 0.4) is 0 Å². The van der Waals surface area contributed by atoms with E-state index >= 15 is 0 Å². The van der Waals surface area contributed by atoms with Crippen molar-refractivity contribution in [2.45, 2.75) is 52.0 Å². The zero-order valence-corrected chi connectivity index (χ0v) is 13.7. The van der Waals surface area contributed by atoms with Gasteiger partial charge in [0.15, 0.2) is 0 Å². The molecule has 1 unspecified atom stereocenters. The SMILES string of the molecule is C#CCC(/C=C\CC)c1cccc(C(C)(C)NC(=C)C)c1. The lowest BCUT2D eigenvalue weighted by molar-refractivity contribution is 0.449. The Morgan fingerprint density at radius 2 is 2.19 bits per heavy atom. The van der Waals surface area contributed by atoms with E-state index in [1.807, 2.05) is 6.92 Å². The van der Waals surface area contributed by atoms with Crippen molar-refractivity contribution < 1.29 is 0 Å². The molecule has 0 amide bonds. The quantitative estimate of drug-likeness (QED) is 0.540. The molecule has 0 aliphatic carbocycles. The zero-order valence-electron chi connectivity index (χ0n) is 13.7. The predicted octanol–water partition coefficient (Wildman–Crippen LogP) is 5.12. The van der Waals surface area contributed by atoms with E-state index in [1.54, 1.807) is 0 Å². The van der Waals surface area contributed by atoms with Crippen LogP contribution >= 0.6 is 0 Å². The number of allylic oxidation sites excluding steroid dienone is 3. The third-order valence-corrected chi connectivity index (χ3v) is 3.50. The number of nitrogens with one attached hydrogen (secondary N) is 1. The minimum Gasteiger partial charge on any atom is -0.380 e. The molecule has 0 saturated carbocycles. The molecule has 1 nitrogen and oxygen atoms in total. The highest BCUT2D eigenvalue weighted by atomic mass is 15.0. The molecular weight excluding hydrogens is 254 g/mol. The Kier molecular flexibility index (Phi) is 6.31. The third kappa shape index (κ3) is 5.16. The fourth-order valence-electron chi connectivity index (χ4n) is 2.49. The highest BCUT2D eigenvalue weighted by Gasteiger charge is 2.20. The van der Waals surface area contributed by atoms with Crippen LogP contribution in [-0.4, -0.2) is 0 Å². The highest BCUT2D eigenvalue weighted by Crippen LogP contribution is 2.27. The van der Waals surface area contributed by atoms with Gasteiger partial charge in [0, 0.05) is 18.0 Å². The van der Waals surface area contributed by atoms with Crippen LogP contribution in [0, 0.1) is 12.3 Å². The van der Waals surface area contributed by atoms with Gasteiger partial charge in [-0.15, -0.1) is 12.3 Å². The maximum Gasteiger partial charge on any atom is 0.0565 e. The Bertz CT molecular complexity index is 543. The second-order valence-corrected chi connectivity index (χ2v) is 6.01. The van der Waals surface area contributed by atoms with Crippen LogP contribution in [0.15, 0.2) is 48.7 Å². The van der Waals surface area contributed by atoms with Gasteiger partial charge in [0.25, 0.3) is 0 Å². The minimum atomic E-state index is -0.142. The highest BCUT2D eigenvalue weighted by molar-refractivity contribution is 5.34. The first-order valence-electron chi connectivity index (χ1n) is 7.55. The van der Waals surface area contributed by atoms with Gasteiger partial charge in [0.2, 0.25) is 0 Å². The van der Waals surface area contributed by atoms with E-state index in [2.05, 4.69) is 75.0 Å². The molecule has 0 saturated heterocycles. The van der Waals surface area contributed by atoms with Crippen molar-refractivity contribution in [3.63, 3.8) is 0 Å². The van der Waals surface area contributed by atoms with E-state index in [-0.39, 0.29) is 11.5 Å². The standard InChI is InChI=1S/C20H27N/c1-7-9-12-17(11-8-2)18-13-10-14-19(15-18)20(5,6)21-16(3)4/h2,9-10,12-15,17,21H,3,7,11H2,1,4-6H3/b12-9-. The van der Waals surface area contributed by atoms with Gasteiger partial charge < -0.3 is 5.32 Å². The number of hydrogen-bond acceptors (Lipinski definition) is 1. The van der Waals surface area contributed by atoms with Crippen molar-refractivity contribution in [1.29, 1.82) is 0 Å². The fraction of sp³-hybridized carbons (Fsp3) is 0.400. The van der Waals surface area contributed by atoms with Crippen LogP contribution in [-0.2, 0) is 5.54 Å². The summed E-state index contributed by atoms with van der Waals surface area (Å²) >= 11 is 0. The summed E-state index contributed by atoms with van der Waals surface area (Å²) in [6.45, 7) is 12.4. The molecule has 0 radical (unpaired) electrons. The summed E-state index contributed by atoms with van der Waals surface area (Å²) in [5.74, 6) is 3.07. The molecule has 1 aromatic carbocycles. The largest absolute Gasteiger partial charge is 0.380 e. The van der Waals surface area contributed by atoms with Gasteiger partial charge >= 0.3 is 0 Å². The van der Waals surface area contributed by atoms with E-state index in [0.717, 1.165) is 18.5 Å². The predicted molar refractivity (Wildman–Crippen MR) is 93.0 cm³/mol. The molecule has 0 aliphatic rings. The lowest BCUT2D eigenvalue weighted by atomic mass is 9.88. The smallest absolute Gasteiger partial charge is 0.0565 e. The van der Waals surface area contributed by atoms with Gasteiger partial charge in [-0.1, -0.05) is 49.9 Å². The Hall–Kier alpha value is -1.94. The number of terminal acetylenes is 1. The van der Waals surface area contributed by atoms with Gasteiger partial charge in [0.05, 0.1) is 5.54 Å². The topological polar surface area (TPSA) is 12.0 Å². The molecule has 1 rings (SSSR count). The van der Waals surface area contributed by atoms with E-state index < -0.39 is 0 Å². The monoisotopic (exact) mass is 281 g/mol. The fourth-order valence-corrected chi connectivity index (χ4v) is 2.49. The van der Waals surface area contributed by atoms with Gasteiger partial charge in [-0.2, -0.15) is 0 Å². The Morgan fingerprint density at radius 1 is 1.48 bits per heavy atom. The van der Waals surface area contributed by atoms with E-state index in [9.17, 15) is 0 Å². The lowest BCUT2D eigenvalue weighted by Gasteiger charge is -2.29. The summed E-state index contributed by atoms with van der Waals surface area (Å²) in [6.07, 6.45) is 11.7. The first kappa shape index (κ1) is 17.1. The van der Waals surface area contributed by atoms with Crippen LogP contribution in [0.1, 0.15) is 57.6 Å². The van der Waals surface area contributed by atoms with Crippen molar-refractivity contribution in [2.75, 3.05) is 0 Å². The first-order valence-corrected chi connectivity index (χ1v) is 7.55. The summed E-state index contributed by atoms with van der Waals surface area (Å²) in [5, 5.41) is 3.42. The maximum absolute atomic E-state index is 5.52. The average Bonchev–Trinajstić information content (AvgIpc) is 2.42. The summed E-state index contributed by atoms with van der Waals surface area (Å²) in [7, 11) is 0. The molecule has 0 heterocycles. The molecule has 21 heavy (non-hydrogen) atoms. The zero-order chi connectivity index (χ0) is 15.9. The second kappa shape index (κ2) is 7.74. The molecule has 1 atom stereocenters. The summed E-state index contributed by atoms with van der Waals surface area (Å²) in [4.78, 5) is 0. The van der Waals surface area contributed by atoms with E-state index in [0.29, 0.717) is 0 Å². The summed E-state index contributed by atoms with van der Waals surface area (Å²) in [6, 6.07) is 8.66. The Labute approximate surface area is 130 Å². The molecular formula is C20H27N. The molecule has 1 aromatic rings. The second-order valence-electron chi connectivity index (χ2n) is 6.01. The average molecular weight is 281 g/mol. The molecule has 1 heteroatoms. The number of rotatable bonds is 7. The first-order chi connectivity index (χ1) is 9.90. The Morgan fingerprint density at radius 3 is 2.76 bits per heavy atom. The van der Waals surface area contributed by atoms with Gasteiger partial charge in [-0.25, -0.2) is 0 Å². The minimum absolute atomic E-state index is 0.142. The normalized spacial score (nSPS) is 12.9. The lowest BCUT2D eigenvalue weighted by Crippen LogP contribution is -2.34. The van der Waals surface area contributed by atoms with Crippen LogP contribution in [0.25, 0.3) is 0 Å².